The number of piperidine rings is 1. The van der Waals surface area contributed by atoms with Crippen molar-refractivity contribution in [2.75, 3.05) is 23.3 Å². The summed E-state index contributed by atoms with van der Waals surface area (Å²) in [5, 5.41) is 6.87. The molecule has 26 heavy (non-hydrogen) atoms. The van der Waals surface area contributed by atoms with Gasteiger partial charge in [-0.2, -0.15) is 4.98 Å². The Morgan fingerprint density at radius 2 is 1.85 bits per heavy atom. The summed E-state index contributed by atoms with van der Waals surface area (Å²) in [6.07, 6.45) is 1.28. The lowest BCUT2D eigenvalue weighted by Gasteiger charge is -2.36. The number of rotatable bonds is 4. The Morgan fingerprint density at radius 1 is 1.15 bits per heavy atom. The van der Waals surface area contributed by atoms with E-state index >= 15 is 0 Å². The van der Waals surface area contributed by atoms with Crippen molar-refractivity contribution in [2.24, 2.45) is 11.8 Å². The van der Waals surface area contributed by atoms with Crippen LogP contribution in [-0.2, 0) is 6.54 Å². The quantitative estimate of drug-likeness (QED) is 0.801. The lowest BCUT2D eigenvalue weighted by atomic mass is 9.92. The molecule has 1 saturated heterocycles. The van der Waals surface area contributed by atoms with E-state index in [1.165, 1.54) is 12.0 Å². The van der Waals surface area contributed by atoms with E-state index < -0.39 is 0 Å². The van der Waals surface area contributed by atoms with Crippen LogP contribution in [0.1, 0.15) is 31.5 Å². The minimum Gasteiger partial charge on any atom is -0.358 e. The average Bonchev–Trinajstić information content (AvgIpc) is 2.59. The van der Waals surface area contributed by atoms with E-state index in [1.54, 1.807) is 0 Å². The molecular weight excluding hydrogens is 342 g/mol. The highest BCUT2D eigenvalue weighted by Gasteiger charge is 2.23. The van der Waals surface area contributed by atoms with Gasteiger partial charge in [-0.3, -0.25) is 0 Å². The summed E-state index contributed by atoms with van der Waals surface area (Å²) in [6.45, 7) is 9.35. The first-order valence-corrected chi connectivity index (χ1v) is 9.60. The molecule has 138 valence electrons. The number of nitrogens with zero attached hydrogens (tertiary/aromatic N) is 3. The zero-order chi connectivity index (χ0) is 18.5. The molecular formula is C20H27N5S. The minimum absolute atomic E-state index is 0.533. The smallest absolute Gasteiger partial charge is 0.231 e. The average molecular weight is 370 g/mol. The standard InChI is InChI=1S/C20H27N5S/c1-14-9-15(2)13-25(12-14)18-10-16(3)22-19(23-18)24-20(26)21-11-17-7-5-4-6-8-17/h4-8,10,14-15H,9,11-13H2,1-3H3,(H2,21,22,23,24,26)/t14-,15-/m1/s1. The summed E-state index contributed by atoms with van der Waals surface area (Å²) in [4.78, 5) is 11.5. The van der Waals surface area contributed by atoms with E-state index in [0.717, 1.165) is 24.6 Å². The van der Waals surface area contributed by atoms with E-state index in [0.29, 0.717) is 29.4 Å². The molecule has 1 aromatic heterocycles. The summed E-state index contributed by atoms with van der Waals surface area (Å²) in [6, 6.07) is 12.2. The maximum absolute atomic E-state index is 5.40. The van der Waals surface area contributed by atoms with Gasteiger partial charge in [-0.1, -0.05) is 44.2 Å². The maximum Gasteiger partial charge on any atom is 0.231 e. The van der Waals surface area contributed by atoms with Crippen LogP contribution in [0.2, 0.25) is 0 Å². The van der Waals surface area contributed by atoms with Gasteiger partial charge in [0.05, 0.1) is 0 Å². The molecule has 0 radical (unpaired) electrons. The van der Waals surface area contributed by atoms with E-state index in [2.05, 4.69) is 52.6 Å². The molecule has 6 heteroatoms. The van der Waals surface area contributed by atoms with Crippen molar-refractivity contribution in [3.63, 3.8) is 0 Å². The van der Waals surface area contributed by atoms with Crippen LogP contribution in [-0.4, -0.2) is 28.2 Å². The van der Waals surface area contributed by atoms with Crippen molar-refractivity contribution < 1.29 is 0 Å². The molecule has 5 nitrogen and oxygen atoms in total. The number of hydrogen-bond acceptors (Lipinski definition) is 4. The molecule has 0 saturated carbocycles. The summed E-state index contributed by atoms with van der Waals surface area (Å²) in [7, 11) is 0. The lowest BCUT2D eigenvalue weighted by molar-refractivity contribution is 0.355. The van der Waals surface area contributed by atoms with E-state index in [1.807, 2.05) is 25.1 Å². The molecule has 0 unspecified atom stereocenters. The molecule has 3 rings (SSSR count). The van der Waals surface area contributed by atoms with Gasteiger partial charge < -0.3 is 15.5 Å². The fraction of sp³-hybridized carbons (Fsp3) is 0.450. The van der Waals surface area contributed by atoms with E-state index in [-0.39, 0.29) is 0 Å². The zero-order valence-corrected chi connectivity index (χ0v) is 16.5. The van der Waals surface area contributed by atoms with Crippen LogP contribution >= 0.6 is 12.2 Å². The van der Waals surface area contributed by atoms with Crippen LogP contribution < -0.4 is 15.5 Å². The molecule has 0 amide bonds. The fourth-order valence-electron chi connectivity index (χ4n) is 3.54. The second-order valence-corrected chi connectivity index (χ2v) is 7.74. The first-order chi connectivity index (χ1) is 12.5. The van der Waals surface area contributed by atoms with Crippen LogP contribution in [0.3, 0.4) is 0 Å². The molecule has 1 fully saturated rings. The predicted molar refractivity (Wildman–Crippen MR) is 111 cm³/mol. The van der Waals surface area contributed by atoms with Gasteiger partial charge >= 0.3 is 0 Å². The molecule has 2 N–H and O–H groups in total. The number of anilines is 2. The third kappa shape index (κ3) is 5.14. The van der Waals surface area contributed by atoms with Crippen molar-refractivity contribution in [1.82, 2.24) is 15.3 Å². The highest BCUT2D eigenvalue weighted by molar-refractivity contribution is 7.80. The number of thiocarbonyl (C=S) groups is 1. The zero-order valence-electron chi connectivity index (χ0n) is 15.7. The van der Waals surface area contributed by atoms with Crippen molar-refractivity contribution in [3.8, 4) is 0 Å². The van der Waals surface area contributed by atoms with Gasteiger partial charge in [0.2, 0.25) is 5.95 Å². The molecule has 1 aromatic carbocycles. The number of nitrogens with one attached hydrogen (secondary N) is 2. The molecule has 2 atom stereocenters. The van der Waals surface area contributed by atoms with Crippen molar-refractivity contribution in [1.29, 1.82) is 0 Å². The van der Waals surface area contributed by atoms with Gasteiger partial charge in [-0.15, -0.1) is 0 Å². The van der Waals surface area contributed by atoms with Crippen LogP contribution in [0.4, 0.5) is 11.8 Å². The highest BCUT2D eigenvalue weighted by atomic mass is 32.1. The van der Waals surface area contributed by atoms with Gasteiger partial charge in [-0.05, 0) is 43.0 Å². The van der Waals surface area contributed by atoms with Gasteiger partial charge in [0, 0.05) is 31.4 Å². The lowest BCUT2D eigenvalue weighted by Crippen LogP contribution is -2.39. The largest absolute Gasteiger partial charge is 0.358 e. The Labute approximate surface area is 161 Å². The number of benzene rings is 1. The number of aromatic nitrogens is 2. The maximum atomic E-state index is 5.40. The molecule has 2 heterocycles. The second-order valence-electron chi connectivity index (χ2n) is 7.34. The van der Waals surface area contributed by atoms with Crippen LogP contribution in [0.5, 0.6) is 0 Å². The SMILES string of the molecule is Cc1cc(N2C[C@H](C)C[C@@H](C)C2)nc(NC(=S)NCc2ccccc2)n1. The molecule has 2 aromatic rings. The third-order valence-electron chi connectivity index (χ3n) is 4.55. The Morgan fingerprint density at radius 3 is 2.54 bits per heavy atom. The summed E-state index contributed by atoms with van der Waals surface area (Å²) in [5.74, 6) is 2.89. The molecule has 0 spiro atoms. The van der Waals surface area contributed by atoms with Crippen molar-refractivity contribution >= 4 is 29.1 Å². The second kappa shape index (κ2) is 8.45. The summed E-state index contributed by atoms with van der Waals surface area (Å²) < 4.78 is 0. The monoisotopic (exact) mass is 369 g/mol. The van der Waals surface area contributed by atoms with Crippen LogP contribution in [0.25, 0.3) is 0 Å². The van der Waals surface area contributed by atoms with Crippen LogP contribution in [0.15, 0.2) is 36.4 Å². The molecule has 0 bridgehead atoms. The molecule has 0 aliphatic carbocycles. The van der Waals surface area contributed by atoms with Crippen LogP contribution in [0, 0.1) is 18.8 Å². The fourth-order valence-corrected chi connectivity index (χ4v) is 3.71. The first kappa shape index (κ1) is 18.6. The third-order valence-corrected chi connectivity index (χ3v) is 4.80. The van der Waals surface area contributed by atoms with E-state index in [4.69, 9.17) is 17.2 Å². The Balaban J connectivity index is 1.64. The number of hydrogen-bond donors (Lipinski definition) is 2. The Hall–Kier alpha value is -2.21. The van der Waals surface area contributed by atoms with Gasteiger partial charge in [0.25, 0.3) is 0 Å². The summed E-state index contributed by atoms with van der Waals surface area (Å²) in [5.41, 5.74) is 2.12. The Kier molecular flexibility index (Phi) is 6.04. The van der Waals surface area contributed by atoms with E-state index in [9.17, 15) is 0 Å². The normalized spacial score (nSPS) is 19.9. The van der Waals surface area contributed by atoms with Gasteiger partial charge in [-0.25, -0.2) is 4.98 Å². The van der Waals surface area contributed by atoms with Crippen molar-refractivity contribution in [2.45, 2.75) is 33.7 Å². The molecule has 1 aliphatic heterocycles. The predicted octanol–water partition coefficient (Wildman–Crippen LogP) is 3.75. The minimum atomic E-state index is 0.533. The Bertz CT molecular complexity index is 739. The van der Waals surface area contributed by atoms with Gasteiger partial charge in [0.1, 0.15) is 5.82 Å². The molecule has 1 aliphatic rings. The topological polar surface area (TPSA) is 53.1 Å². The van der Waals surface area contributed by atoms with Crippen molar-refractivity contribution in [3.05, 3.63) is 47.7 Å². The first-order valence-electron chi connectivity index (χ1n) is 9.19. The van der Waals surface area contributed by atoms with Gasteiger partial charge in [0.15, 0.2) is 5.11 Å². The number of aryl methyl sites for hydroxylation is 1. The highest BCUT2D eigenvalue weighted by Crippen LogP contribution is 2.25. The summed E-state index contributed by atoms with van der Waals surface area (Å²) >= 11 is 5.40.